The van der Waals surface area contributed by atoms with Crippen molar-refractivity contribution < 1.29 is 9.21 Å². The van der Waals surface area contributed by atoms with E-state index in [0.29, 0.717) is 19.0 Å². The van der Waals surface area contributed by atoms with Gasteiger partial charge in [0.1, 0.15) is 11.5 Å². The predicted octanol–water partition coefficient (Wildman–Crippen LogP) is 2.36. The first-order valence-corrected chi connectivity index (χ1v) is 7.09. The van der Waals surface area contributed by atoms with Gasteiger partial charge in [0.15, 0.2) is 0 Å². The normalized spacial score (nSPS) is 27.2. The van der Waals surface area contributed by atoms with E-state index < -0.39 is 0 Å². The summed E-state index contributed by atoms with van der Waals surface area (Å²) >= 11 is 0. The number of nitrogens with two attached hydrogens (primary N) is 1. The van der Waals surface area contributed by atoms with Gasteiger partial charge in [-0.2, -0.15) is 0 Å². The molecule has 4 nitrogen and oxygen atoms in total. The van der Waals surface area contributed by atoms with E-state index in [4.69, 9.17) is 10.2 Å². The number of hydrogen-bond donors (Lipinski definition) is 2. The molecule has 2 rings (SSSR count). The second-order valence-electron chi connectivity index (χ2n) is 5.86. The molecule has 1 aliphatic carbocycles. The van der Waals surface area contributed by atoms with Crippen molar-refractivity contribution in [1.82, 2.24) is 5.32 Å². The first-order valence-electron chi connectivity index (χ1n) is 7.09. The molecule has 4 heteroatoms. The number of nitrogens with one attached hydrogen (secondary N) is 1. The number of furan rings is 1. The molecular formula is C15H24N2O2. The van der Waals surface area contributed by atoms with Crippen LogP contribution >= 0.6 is 0 Å². The Morgan fingerprint density at radius 3 is 2.68 bits per heavy atom. The van der Waals surface area contributed by atoms with Crippen LogP contribution in [-0.2, 0) is 11.3 Å². The quantitative estimate of drug-likeness (QED) is 0.877. The zero-order valence-corrected chi connectivity index (χ0v) is 11.9. The molecule has 0 aliphatic heterocycles. The molecule has 0 saturated heterocycles. The van der Waals surface area contributed by atoms with Crippen molar-refractivity contribution >= 4 is 5.91 Å². The monoisotopic (exact) mass is 264 g/mol. The third-order valence-electron chi connectivity index (χ3n) is 4.32. The zero-order valence-electron chi connectivity index (χ0n) is 11.9. The molecule has 0 atom stereocenters. The Hall–Kier alpha value is -1.29. The summed E-state index contributed by atoms with van der Waals surface area (Å²) in [6.07, 6.45) is 3.97. The summed E-state index contributed by atoms with van der Waals surface area (Å²) in [5.41, 5.74) is 5.51. The highest BCUT2D eigenvalue weighted by Crippen LogP contribution is 2.38. The van der Waals surface area contributed by atoms with Gasteiger partial charge in [-0.15, -0.1) is 0 Å². The number of rotatable bonds is 4. The molecule has 0 bridgehead atoms. The third-order valence-corrected chi connectivity index (χ3v) is 4.32. The lowest BCUT2D eigenvalue weighted by molar-refractivity contribution is -0.133. The maximum absolute atomic E-state index is 12.4. The van der Waals surface area contributed by atoms with Crippen LogP contribution in [0.25, 0.3) is 0 Å². The lowest BCUT2D eigenvalue weighted by Gasteiger charge is -2.37. The highest BCUT2D eigenvalue weighted by atomic mass is 16.3. The van der Waals surface area contributed by atoms with Crippen molar-refractivity contribution in [2.24, 2.45) is 17.1 Å². The lowest BCUT2D eigenvalue weighted by Crippen LogP contribution is -2.47. The van der Waals surface area contributed by atoms with Gasteiger partial charge < -0.3 is 15.5 Å². The molecule has 1 aromatic heterocycles. The van der Waals surface area contributed by atoms with Crippen LogP contribution < -0.4 is 11.1 Å². The van der Waals surface area contributed by atoms with Crippen LogP contribution in [0.3, 0.4) is 0 Å². The van der Waals surface area contributed by atoms with Crippen molar-refractivity contribution in [3.8, 4) is 0 Å². The molecule has 0 unspecified atom stereocenters. The fourth-order valence-corrected chi connectivity index (χ4v) is 2.77. The first kappa shape index (κ1) is 14.1. The Morgan fingerprint density at radius 1 is 1.47 bits per heavy atom. The molecule has 1 fully saturated rings. The Balaban J connectivity index is 1.93. The van der Waals surface area contributed by atoms with E-state index in [9.17, 15) is 4.79 Å². The van der Waals surface area contributed by atoms with Gasteiger partial charge >= 0.3 is 0 Å². The fourth-order valence-electron chi connectivity index (χ4n) is 2.77. The van der Waals surface area contributed by atoms with Crippen LogP contribution in [0.5, 0.6) is 0 Å². The number of hydrogen-bond acceptors (Lipinski definition) is 3. The molecular weight excluding hydrogens is 240 g/mol. The Bertz CT molecular complexity index is 431. The summed E-state index contributed by atoms with van der Waals surface area (Å²) in [5.74, 6) is 2.45. The van der Waals surface area contributed by atoms with E-state index in [1.54, 1.807) is 0 Å². The summed E-state index contributed by atoms with van der Waals surface area (Å²) in [6.45, 7) is 5.02. The smallest absolute Gasteiger partial charge is 0.227 e. The number of amides is 1. The third kappa shape index (κ3) is 3.18. The van der Waals surface area contributed by atoms with Gasteiger partial charge in [0.25, 0.3) is 0 Å². The number of aryl methyl sites for hydroxylation is 1. The van der Waals surface area contributed by atoms with Gasteiger partial charge in [-0.3, -0.25) is 4.79 Å². The van der Waals surface area contributed by atoms with Crippen molar-refractivity contribution in [2.75, 3.05) is 6.54 Å². The van der Waals surface area contributed by atoms with Gasteiger partial charge in [-0.25, -0.2) is 0 Å². The Labute approximate surface area is 114 Å². The summed E-state index contributed by atoms with van der Waals surface area (Å²) in [5, 5.41) is 2.98. The Kier molecular flexibility index (Phi) is 4.30. The van der Waals surface area contributed by atoms with Gasteiger partial charge in [-0.05, 0) is 50.7 Å². The summed E-state index contributed by atoms with van der Waals surface area (Å²) in [6, 6.07) is 3.80. The van der Waals surface area contributed by atoms with E-state index in [1.165, 1.54) is 0 Å². The molecule has 1 saturated carbocycles. The second kappa shape index (κ2) is 5.78. The molecule has 0 aromatic carbocycles. The SMILES string of the molecule is Cc1ccc(CNC(=O)C2(CN)CCC(C)CC2)o1. The molecule has 1 amide bonds. The van der Waals surface area contributed by atoms with Gasteiger partial charge in [0, 0.05) is 6.54 Å². The van der Waals surface area contributed by atoms with E-state index in [2.05, 4.69) is 12.2 Å². The van der Waals surface area contributed by atoms with Crippen molar-refractivity contribution in [3.05, 3.63) is 23.7 Å². The van der Waals surface area contributed by atoms with Crippen molar-refractivity contribution in [3.63, 3.8) is 0 Å². The minimum absolute atomic E-state index is 0.0796. The topological polar surface area (TPSA) is 68.3 Å². The first-order chi connectivity index (χ1) is 9.05. The van der Waals surface area contributed by atoms with E-state index in [1.807, 2.05) is 19.1 Å². The minimum Gasteiger partial charge on any atom is -0.465 e. The van der Waals surface area contributed by atoms with Crippen LogP contribution in [0.4, 0.5) is 0 Å². The highest BCUT2D eigenvalue weighted by molar-refractivity contribution is 5.82. The summed E-state index contributed by atoms with van der Waals surface area (Å²) in [7, 11) is 0. The van der Waals surface area contributed by atoms with Crippen LogP contribution in [0.1, 0.15) is 44.1 Å². The van der Waals surface area contributed by atoms with Gasteiger partial charge in [-0.1, -0.05) is 6.92 Å². The molecule has 0 spiro atoms. The van der Waals surface area contributed by atoms with Crippen molar-refractivity contribution in [1.29, 1.82) is 0 Å². The maximum atomic E-state index is 12.4. The largest absolute Gasteiger partial charge is 0.465 e. The molecule has 19 heavy (non-hydrogen) atoms. The zero-order chi connectivity index (χ0) is 13.9. The minimum atomic E-state index is -0.367. The van der Waals surface area contributed by atoms with Crippen molar-refractivity contribution in [2.45, 2.75) is 46.1 Å². The average Bonchev–Trinajstić information content (AvgIpc) is 2.83. The predicted molar refractivity (Wildman–Crippen MR) is 74.4 cm³/mol. The van der Waals surface area contributed by atoms with Gasteiger partial charge in [0.05, 0.1) is 12.0 Å². The van der Waals surface area contributed by atoms with Gasteiger partial charge in [0.2, 0.25) is 5.91 Å². The standard InChI is InChI=1S/C15H24N2O2/c1-11-5-7-15(10-16,8-6-11)14(18)17-9-13-4-3-12(2)19-13/h3-4,11H,5-10,16H2,1-2H3,(H,17,18). The molecule has 106 valence electrons. The van der Waals surface area contributed by atoms with E-state index >= 15 is 0 Å². The maximum Gasteiger partial charge on any atom is 0.227 e. The molecule has 1 heterocycles. The average molecular weight is 264 g/mol. The highest BCUT2D eigenvalue weighted by Gasteiger charge is 2.39. The molecule has 1 aliphatic rings. The number of carbonyl (C=O) groups excluding carboxylic acids is 1. The Morgan fingerprint density at radius 2 is 2.16 bits per heavy atom. The molecule has 3 N–H and O–H groups in total. The van der Waals surface area contributed by atoms with Crippen LogP contribution in [0.2, 0.25) is 0 Å². The van der Waals surface area contributed by atoms with Crippen LogP contribution in [0, 0.1) is 18.3 Å². The summed E-state index contributed by atoms with van der Waals surface area (Å²) in [4.78, 5) is 12.4. The molecule has 1 aromatic rings. The van der Waals surface area contributed by atoms with Crippen LogP contribution in [-0.4, -0.2) is 12.5 Å². The van der Waals surface area contributed by atoms with Crippen LogP contribution in [0.15, 0.2) is 16.5 Å². The molecule has 0 radical (unpaired) electrons. The van der Waals surface area contributed by atoms with E-state index in [0.717, 1.165) is 37.2 Å². The van der Waals surface area contributed by atoms with E-state index in [-0.39, 0.29) is 11.3 Å². The fraction of sp³-hybridized carbons (Fsp3) is 0.667. The lowest BCUT2D eigenvalue weighted by atomic mass is 9.70. The summed E-state index contributed by atoms with van der Waals surface area (Å²) < 4.78 is 5.46. The second-order valence-corrected chi connectivity index (χ2v) is 5.86. The number of carbonyl (C=O) groups is 1.